The Morgan fingerprint density at radius 2 is 1.77 bits per heavy atom. The van der Waals surface area contributed by atoms with Crippen molar-refractivity contribution in [2.45, 2.75) is 27.7 Å². The van der Waals surface area contributed by atoms with Crippen molar-refractivity contribution in [2.24, 2.45) is 17.3 Å². The first kappa shape index (κ1) is 10.7. The van der Waals surface area contributed by atoms with E-state index >= 15 is 0 Å². The highest BCUT2D eigenvalue weighted by Gasteiger charge is 2.34. The van der Waals surface area contributed by atoms with Crippen LogP contribution in [-0.2, 0) is 4.79 Å². The lowest BCUT2D eigenvalue weighted by Crippen LogP contribution is -2.52. The first-order chi connectivity index (χ1) is 5.93. The molecular formula is C10H20N2O. The summed E-state index contributed by atoms with van der Waals surface area (Å²) in [6, 6.07) is 0. The second kappa shape index (κ2) is 3.76. The number of hydrogen-bond donors (Lipinski definition) is 2. The van der Waals surface area contributed by atoms with Gasteiger partial charge in [-0.25, -0.2) is 0 Å². The molecule has 1 heterocycles. The number of carbonyl (C=O) groups is 1. The second-order valence-corrected chi connectivity index (χ2v) is 4.96. The van der Waals surface area contributed by atoms with Crippen molar-refractivity contribution in [3.05, 3.63) is 0 Å². The Morgan fingerprint density at radius 1 is 1.23 bits per heavy atom. The van der Waals surface area contributed by atoms with Crippen molar-refractivity contribution >= 4 is 5.78 Å². The van der Waals surface area contributed by atoms with Crippen LogP contribution >= 0.6 is 0 Å². The zero-order valence-electron chi connectivity index (χ0n) is 8.98. The van der Waals surface area contributed by atoms with Gasteiger partial charge in [-0.3, -0.25) is 15.6 Å². The van der Waals surface area contributed by atoms with Crippen LogP contribution in [0.3, 0.4) is 0 Å². The molecule has 0 bridgehead atoms. The van der Waals surface area contributed by atoms with Crippen molar-refractivity contribution < 1.29 is 4.79 Å². The summed E-state index contributed by atoms with van der Waals surface area (Å²) in [6.07, 6.45) is 0. The third-order valence-corrected chi connectivity index (χ3v) is 2.63. The highest BCUT2D eigenvalue weighted by atomic mass is 16.1. The van der Waals surface area contributed by atoms with Gasteiger partial charge in [0.1, 0.15) is 5.78 Å². The molecule has 0 aromatic carbocycles. The van der Waals surface area contributed by atoms with Gasteiger partial charge in [0.25, 0.3) is 0 Å². The molecule has 1 saturated heterocycles. The normalized spacial score (nSPS) is 30.2. The number of Topliss-reactive ketones (excluding diaryl/α,β-unsaturated/α-hetero) is 1. The van der Waals surface area contributed by atoms with Gasteiger partial charge in [0, 0.05) is 24.4 Å². The van der Waals surface area contributed by atoms with E-state index in [-0.39, 0.29) is 11.3 Å². The fourth-order valence-corrected chi connectivity index (χ4v) is 1.67. The molecule has 1 rings (SSSR count). The Balaban J connectivity index is 2.64. The second-order valence-electron chi connectivity index (χ2n) is 4.96. The largest absolute Gasteiger partial charge is 0.299 e. The third-order valence-electron chi connectivity index (χ3n) is 2.63. The predicted molar refractivity (Wildman–Crippen MR) is 53.1 cm³/mol. The van der Waals surface area contributed by atoms with Crippen LogP contribution in [-0.4, -0.2) is 18.9 Å². The van der Waals surface area contributed by atoms with Crippen LogP contribution in [0, 0.1) is 17.3 Å². The van der Waals surface area contributed by atoms with E-state index in [1.807, 2.05) is 20.8 Å². The van der Waals surface area contributed by atoms with E-state index in [4.69, 9.17) is 0 Å². The molecule has 2 N–H and O–H groups in total. The zero-order valence-corrected chi connectivity index (χ0v) is 8.98. The smallest absolute Gasteiger partial charge is 0.142 e. The summed E-state index contributed by atoms with van der Waals surface area (Å²) in [6.45, 7) is 9.74. The Hall–Kier alpha value is -0.410. The van der Waals surface area contributed by atoms with Crippen molar-refractivity contribution in [1.82, 2.24) is 10.9 Å². The first-order valence-electron chi connectivity index (χ1n) is 4.93. The maximum atomic E-state index is 12.0. The van der Waals surface area contributed by atoms with E-state index < -0.39 is 0 Å². The van der Waals surface area contributed by atoms with Gasteiger partial charge in [0.05, 0.1) is 0 Å². The van der Waals surface area contributed by atoms with Crippen LogP contribution in [0.4, 0.5) is 0 Å². The number of ketones is 1. The summed E-state index contributed by atoms with van der Waals surface area (Å²) in [5.41, 5.74) is 5.91. The average molecular weight is 184 g/mol. The Kier molecular flexibility index (Phi) is 3.09. The van der Waals surface area contributed by atoms with Gasteiger partial charge in [0.15, 0.2) is 0 Å². The van der Waals surface area contributed by atoms with E-state index in [0.717, 1.165) is 13.1 Å². The molecule has 2 atom stereocenters. The molecule has 76 valence electrons. The van der Waals surface area contributed by atoms with Crippen LogP contribution in [0.15, 0.2) is 0 Å². The summed E-state index contributed by atoms with van der Waals surface area (Å²) in [7, 11) is 0. The number of hydrazine groups is 1. The quantitative estimate of drug-likeness (QED) is 0.638. The summed E-state index contributed by atoms with van der Waals surface area (Å²) in [5.74, 6) is 0.975. The molecule has 1 fully saturated rings. The molecule has 0 radical (unpaired) electrons. The number of hydrogen-bond acceptors (Lipinski definition) is 3. The van der Waals surface area contributed by atoms with Gasteiger partial charge in [-0.1, -0.05) is 27.7 Å². The third kappa shape index (κ3) is 2.51. The monoisotopic (exact) mass is 184 g/mol. The standard InChI is InChI=1S/C10H20N2O/c1-7-5-11-12-6-8(7)9(13)10(2,3)4/h7-8,11-12H,5-6H2,1-4H3. The molecule has 0 aromatic heterocycles. The summed E-state index contributed by atoms with van der Waals surface area (Å²) in [4.78, 5) is 12.0. The summed E-state index contributed by atoms with van der Waals surface area (Å²) < 4.78 is 0. The minimum Gasteiger partial charge on any atom is -0.299 e. The van der Waals surface area contributed by atoms with Crippen LogP contribution in [0.1, 0.15) is 27.7 Å². The fraction of sp³-hybridized carbons (Fsp3) is 0.900. The van der Waals surface area contributed by atoms with Crippen molar-refractivity contribution in [2.75, 3.05) is 13.1 Å². The van der Waals surface area contributed by atoms with Gasteiger partial charge in [-0.15, -0.1) is 0 Å². The number of nitrogens with one attached hydrogen (secondary N) is 2. The molecule has 0 spiro atoms. The molecule has 3 nitrogen and oxygen atoms in total. The molecular weight excluding hydrogens is 164 g/mol. The maximum Gasteiger partial charge on any atom is 0.142 e. The summed E-state index contributed by atoms with van der Waals surface area (Å²) in [5, 5.41) is 0. The minimum atomic E-state index is -0.210. The first-order valence-corrected chi connectivity index (χ1v) is 4.93. The zero-order chi connectivity index (χ0) is 10.1. The van der Waals surface area contributed by atoms with Crippen LogP contribution < -0.4 is 10.9 Å². The predicted octanol–water partition coefficient (Wildman–Crippen LogP) is 0.962. The lowest BCUT2D eigenvalue weighted by Gasteiger charge is -2.33. The molecule has 2 unspecified atom stereocenters. The Labute approximate surface area is 80.2 Å². The average Bonchev–Trinajstić information content (AvgIpc) is 2.02. The lowest BCUT2D eigenvalue weighted by molar-refractivity contribution is -0.132. The molecule has 0 aromatic rings. The highest BCUT2D eigenvalue weighted by molar-refractivity contribution is 5.86. The van der Waals surface area contributed by atoms with Gasteiger partial charge >= 0.3 is 0 Å². The lowest BCUT2D eigenvalue weighted by atomic mass is 9.77. The van der Waals surface area contributed by atoms with Crippen LogP contribution in [0.2, 0.25) is 0 Å². The molecule has 13 heavy (non-hydrogen) atoms. The topological polar surface area (TPSA) is 41.1 Å². The molecule has 1 aliphatic rings. The molecule has 0 saturated carbocycles. The van der Waals surface area contributed by atoms with Gasteiger partial charge in [-0.2, -0.15) is 0 Å². The molecule has 3 heteroatoms. The van der Waals surface area contributed by atoms with Gasteiger partial charge in [-0.05, 0) is 5.92 Å². The van der Waals surface area contributed by atoms with Gasteiger partial charge in [0.2, 0.25) is 0 Å². The van der Waals surface area contributed by atoms with Crippen LogP contribution in [0.25, 0.3) is 0 Å². The van der Waals surface area contributed by atoms with E-state index in [1.54, 1.807) is 0 Å². The number of carbonyl (C=O) groups excluding carboxylic acids is 1. The van der Waals surface area contributed by atoms with Crippen molar-refractivity contribution in [3.63, 3.8) is 0 Å². The van der Waals surface area contributed by atoms with E-state index in [0.29, 0.717) is 11.7 Å². The maximum absolute atomic E-state index is 12.0. The Morgan fingerprint density at radius 3 is 2.23 bits per heavy atom. The van der Waals surface area contributed by atoms with Crippen molar-refractivity contribution in [1.29, 1.82) is 0 Å². The molecule has 1 aliphatic heterocycles. The van der Waals surface area contributed by atoms with Crippen molar-refractivity contribution in [3.8, 4) is 0 Å². The van der Waals surface area contributed by atoms with Gasteiger partial charge < -0.3 is 0 Å². The summed E-state index contributed by atoms with van der Waals surface area (Å²) >= 11 is 0. The Bertz CT molecular complexity index is 196. The fourth-order valence-electron chi connectivity index (χ4n) is 1.67. The van der Waals surface area contributed by atoms with E-state index in [2.05, 4.69) is 17.8 Å². The SMILES string of the molecule is CC1CNNCC1C(=O)C(C)(C)C. The molecule has 0 aliphatic carbocycles. The van der Waals surface area contributed by atoms with E-state index in [9.17, 15) is 4.79 Å². The highest BCUT2D eigenvalue weighted by Crippen LogP contribution is 2.25. The number of rotatable bonds is 1. The minimum absolute atomic E-state index is 0.168. The van der Waals surface area contributed by atoms with Crippen LogP contribution in [0.5, 0.6) is 0 Å². The van der Waals surface area contributed by atoms with E-state index in [1.165, 1.54) is 0 Å². The molecule has 0 amide bonds.